The van der Waals surface area contributed by atoms with E-state index in [1.165, 1.54) is 12.1 Å². The topological polar surface area (TPSA) is 49.8 Å². The van der Waals surface area contributed by atoms with Gasteiger partial charge in [0, 0.05) is 18.5 Å². The maximum absolute atomic E-state index is 13.1. The number of likely N-dealkylation sites (N-methyl/N-ethyl adjacent to an activating group) is 1. The number of hydrogen-bond donors (Lipinski definition) is 1. The summed E-state index contributed by atoms with van der Waals surface area (Å²) in [6.07, 6.45) is 0.466. The van der Waals surface area contributed by atoms with Gasteiger partial charge in [-0.25, -0.2) is 4.39 Å². The Labute approximate surface area is 111 Å². The second-order valence-electron chi connectivity index (χ2n) is 5.44. The molecule has 104 valence electrons. The van der Waals surface area contributed by atoms with Crippen LogP contribution in [-0.2, 0) is 11.2 Å². The summed E-state index contributed by atoms with van der Waals surface area (Å²) in [6, 6.07) is 4.46. The first kappa shape index (κ1) is 13.8. The summed E-state index contributed by atoms with van der Waals surface area (Å²) in [6.45, 7) is 3.78. The normalized spacial score (nSPS) is 18.3. The van der Waals surface area contributed by atoms with Crippen molar-refractivity contribution in [2.24, 2.45) is 0 Å². The molecule has 0 aliphatic carbocycles. The maximum atomic E-state index is 13.1. The second-order valence-corrected chi connectivity index (χ2v) is 5.44. The van der Waals surface area contributed by atoms with E-state index in [1.54, 1.807) is 31.9 Å². The van der Waals surface area contributed by atoms with Crippen molar-refractivity contribution in [2.75, 3.05) is 13.6 Å². The minimum absolute atomic E-state index is 0.138. The molecule has 2 rings (SSSR count). The maximum Gasteiger partial charge on any atom is 0.323 e. The van der Waals surface area contributed by atoms with Crippen LogP contribution in [0.1, 0.15) is 19.4 Å². The van der Waals surface area contributed by atoms with E-state index in [0.29, 0.717) is 18.7 Å². The number of halogens is 1. The van der Waals surface area contributed by atoms with Gasteiger partial charge in [0.25, 0.3) is 0 Å². The van der Waals surface area contributed by atoms with Crippen molar-refractivity contribution >= 4 is 5.97 Å². The number of carboxylic acids is 1. The highest BCUT2D eigenvalue weighted by Crippen LogP contribution is 2.30. The van der Waals surface area contributed by atoms with Crippen LogP contribution in [0.15, 0.2) is 18.2 Å². The summed E-state index contributed by atoms with van der Waals surface area (Å²) in [7, 11) is 1.75. The van der Waals surface area contributed by atoms with Crippen LogP contribution in [0, 0.1) is 5.82 Å². The van der Waals surface area contributed by atoms with Gasteiger partial charge in [-0.2, -0.15) is 0 Å². The number of aliphatic carboxylic acids is 1. The first-order chi connectivity index (χ1) is 8.80. The number of carbonyl (C=O) groups is 1. The molecule has 0 aromatic heterocycles. The minimum Gasteiger partial charge on any atom is -0.488 e. The van der Waals surface area contributed by atoms with Crippen LogP contribution < -0.4 is 4.74 Å². The molecule has 1 N–H and O–H groups in total. The molecule has 1 unspecified atom stereocenters. The molecule has 0 bridgehead atoms. The SMILES string of the molecule is CN(CC1Cc2cc(F)ccc2O1)C(C)(C)C(=O)O. The summed E-state index contributed by atoms with van der Waals surface area (Å²) in [4.78, 5) is 12.9. The van der Waals surface area contributed by atoms with E-state index >= 15 is 0 Å². The molecule has 0 saturated carbocycles. The lowest BCUT2D eigenvalue weighted by atomic mass is 10.0. The fourth-order valence-electron chi connectivity index (χ4n) is 2.09. The predicted octanol–water partition coefficient (Wildman–Crippen LogP) is 1.92. The average molecular weight is 267 g/mol. The van der Waals surface area contributed by atoms with Crippen molar-refractivity contribution in [2.45, 2.75) is 31.9 Å². The molecule has 1 aliphatic heterocycles. The summed E-state index contributed by atoms with van der Waals surface area (Å²) >= 11 is 0. The molecule has 19 heavy (non-hydrogen) atoms. The summed E-state index contributed by atoms with van der Waals surface area (Å²) < 4.78 is 18.8. The van der Waals surface area contributed by atoms with Crippen LogP contribution >= 0.6 is 0 Å². The highest BCUT2D eigenvalue weighted by Gasteiger charge is 2.35. The number of benzene rings is 1. The number of ether oxygens (including phenoxy) is 1. The highest BCUT2D eigenvalue weighted by atomic mass is 19.1. The third-order valence-electron chi connectivity index (χ3n) is 3.72. The molecular formula is C14H18FNO3. The van der Waals surface area contributed by atoms with Gasteiger partial charge in [0.1, 0.15) is 23.2 Å². The van der Waals surface area contributed by atoms with Crippen LogP contribution in [0.3, 0.4) is 0 Å². The molecule has 1 atom stereocenters. The number of fused-ring (bicyclic) bond motifs is 1. The van der Waals surface area contributed by atoms with E-state index < -0.39 is 11.5 Å². The van der Waals surface area contributed by atoms with Crippen LogP contribution in [0.4, 0.5) is 4.39 Å². The van der Waals surface area contributed by atoms with Crippen molar-refractivity contribution in [3.8, 4) is 5.75 Å². The zero-order valence-electron chi connectivity index (χ0n) is 11.3. The third kappa shape index (κ3) is 2.71. The minimum atomic E-state index is -0.955. The monoisotopic (exact) mass is 267 g/mol. The van der Waals surface area contributed by atoms with Gasteiger partial charge in [0.2, 0.25) is 0 Å². The predicted molar refractivity (Wildman–Crippen MR) is 68.9 cm³/mol. The van der Waals surface area contributed by atoms with Gasteiger partial charge in [-0.05, 0) is 39.1 Å². The molecule has 1 aromatic rings. The average Bonchev–Trinajstić information content (AvgIpc) is 2.69. The zero-order chi connectivity index (χ0) is 14.2. The largest absolute Gasteiger partial charge is 0.488 e. The number of carboxylic acid groups (broad SMARTS) is 1. The Bertz CT molecular complexity index is 501. The summed E-state index contributed by atoms with van der Waals surface area (Å²) in [5.74, 6) is -0.466. The Kier molecular flexibility index (Phi) is 3.49. The van der Waals surface area contributed by atoms with Crippen molar-refractivity contribution in [1.82, 2.24) is 4.90 Å². The Balaban J connectivity index is 2.02. The van der Waals surface area contributed by atoms with E-state index in [2.05, 4.69) is 0 Å². The van der Waals surface area contributed by atoms with E-state index in [9.17, 15) is 9.18 Å². The smallest absolute Gasteiger partial charge is 0.323 e. The fourth-order valence-corrected chi connectivity index (χ4v) is 2.09. The molecule has 0 radical (unpaired) electrons. The zero-order valence-corrected chi connectivity index (χ0v) is 11.3. The lowest BCUT2D eigenvalue weighted by Crippen LogP contribution is -2.51. The molecule has 0 saturated heterocycles. The van der Waals surface area contributed by atoms with Crippen LogP contribution in [-0.4, -0.2) is 41.2 Å². The number of hydrogen-bond acceptors (Lipinski definition) is 3. The van der Waals surface area contributed by atoms with Crippen LogP contribution in [0.25, 0.3) is 0 Å². The van der Waals surface area contributed by atoms with Gasteiger partial charge in [0.05, 0.1) is 0 Å². The fraction of sp³-hybridized carbons (Fsp3) is 0.500. The molecule has 5 heteroatoms. The molecule has 1 aromatic carbocycles. The second kappa shape index (κ2) is 4.81. The van der Waals surface area contributed by atoms with E-state index in [0.717, 1.165) is 5.56 Å². The lowest BCUT2D eigenvalue weighted by molar-refractivity contribution is -0.149. The molecule has 1 aliphatic rings. The van der Waals surface area contributed by atoms with Crippen LogP contribution in [0.2, 0.25) is 0 Å². The summed E-state index contributed by atoms with van der Waals surface area (Å²) in [5, 5.41) is 9.16. The van der Waals surface area contributed by atoms with Gasteiger partial charge < -0.3 is 9.84 Å². The Morgan fingerprint density at radius 1 is 1.58 bits per heavy atom. The Morgan fingerprint density at radius 3 is 2.89 bits per heavy atom. The summed E-state index contributed by atoms with van der Waals surface area (Å²) in [5.41, 5.74) is -0.116. The van der Waals surface area contributed by atoms with Gasteiger partial charge in [0.15, 0.2) is 0 Å². The number of rotatable bonds is 4. The van der Waals surface area contributed by atoms with E-state index in [1.807, 2.05) is 0 Å². The quantitative estimate of drug-likeness (QED) is 0.905. The molecule has 4 nitrogen and oxygen atoms in total. The van der Waals surface area contributed by atoms with E-state index in [-0.39, 0.29) is 11.9 Å². The molecule has 0 spiro atoms. The number of nitrogens with zero attached hydrogens (tertiary/aromatic N) is 1. The van der Waals surface area contributed by atoms with Crippen molar-refractivity contribution in [1.29, 1.82) is 0 Å². The van der Waals surface area contributed by atoms with Gasteiger partial charge in [-0.1, -0.05) is 0 Å². The van der Waals surface area contributed by atoms with E-state index in [4.69, 9.17) is 9.84 Å². The first-order valence-electron chi connectivity index (χ1n) is 6.20. The van der Waals surface area contributed by atoms with Gasteiger partial charge in [-0.3, -0.25) is 9.69 Å². The van der Waals surface area contributed by atoms with Crippen LogP contribution in [0.5, 0.6) is 5.75 Å². The molecular weight excluding hydrogens is 249 g/mol. The van der Waals surface area contributed by atoms with Gasteiger partial charge >= 0.3 is 5.97 Å². The standard InChI is InChI=1S/C14H18FNO3/c1-14(2,13(17)18)16(3)8-11-7-9-6-10(15)4-5-12(9)19-11/h4-6,11H,7-8H2,1-3H3,(H,17,18). The van der Waals surface area contributed by atoms with Crippen molar-refractivity contribution < 1.29 is 19.0 Å². The Morgan fingerprint density at radius 2 is 2.26 bits per heavy atom. The molecule has 0 fully saturated rings. The third-order valence-corrected chi connectivity index (χ3v) is 3.72. The lowest BCUT2D eigenvalue weighted by Gasteiger charge is -2.32. The molecule has 1 heterocycles. The van der Waals surface area contributed by atoms with Gasteiger partial charge in [-0.15, -0.1) is 0 Å². The molecule has 0 amide bonds. The van der Waals surface area contributed by atoms with Crippen molar-refractivity contribution in [3.05, 3.63) is 29.6 Å². The Hall–Kier alpha value is -1.62. The highest BCUT2D eigenvalue weighted by molar-refractivity contribution is 5.77. The van der Waals surface area contributed by atoms with Crippen molar-refractivity contribution in [3.63, 3.8) is 0 Å². The first-order valence-corrected chi connectivity index (χ1v) is 6.20.